The van der Waals surface area contributed by atoms with Gasteiger partial charge in [-0.3, -0.25) is 9.59 Å². The Bertz CT molecular complexity index is 800. The Hall–Kier alpha value is -2.89. The number of carboxylic acids is 1. The van der Waals surface area contributed by atoms with E-state index in [0.717, 1.165) is 0 Å². The zero-order valence-electron chi connectivity index (χ0n) is 15.0. The van der Waals surface area contributed by atoms with Crippen molar-refractivity contribution >= 4 is 17.6 Å². The van der Waals surface area contributed by atoms with Crippen LogP contribution in [0.2, 0.25) is 0 Å². The van der Waals surface area contributed by atoms with E-state index in [2.05, 4.69) is 5.32 Å². The Morgan fingerprint density at radius 2 is 1.81 bits per heavy atom. The lowest BCUT2D eigenvalue weighted by molar-refractivity contribution is -0.142. The third kappa shape index (κ3) is 4.39. The van der Waals surface area contributed by atoms with Crippen LogP contribution in [0.1, 0.15) is 31.4 Å². The predicted octanol–water partition coefficient (Wildman–Crippen LogP) is 3.77. The summed E-state index contributed by atoms with van der Waals surface area (Å²) in [6, 6.07) is 11.5. The maximum Gasteiger partial charge on any atom is 0.313 e. The van der Waals surface area contributed by atoms with Crippen molar-refractivity contribution in [2.75, 3.05) is 12.4 Å². The van der Waals surface area contributed by atoms with E-state index < -0.39 is 17.2 Å². The number of nitrogens with one attached hydrogen (secondary N) is 1. The van der Waals surface area contributed by atoms with Gasteiger partial charge in [0.05, 0.1) is 12.5 Å². The Labute approximate surface area is 151 Å². The number of aliphatic carboxylic acids is 1. The van der Waals surface area contributed by atoms with Gasteiger partial charge >= 0.3 is 5.97 Å². The van der Waals surface area contributed by atoms with Crippen LogP contribution >= 0.6 is 0 Å². The number of methoxy groups -OCH3 is 1. The van der Waals surface area contributed by atoms with Crippen LogP contribution in [0.3, 0.4) is 0 Å². The Balaban J connectivity index is 1.97. The lowest BCUT2D eigenvalue weighted by atomic mass is 9.85. The Morgan fingerprint density at radius 1 is 1.15 bits per heavy atom. The number of aryl methyl sites for hydroxylation is 1. The molecule has 0 spiro atoms. The number of rotatable bonds is 7. The maximum absolute atomic E-state index is 14.1. The van der Waals surface area contributed by atoms with Crippen molar-refractivity contribution in [3.63, 3.8) is 0 Å². The van der Waals surface area contributed by atoms with Crippen molar-refractivity contribution in [3.05, 3.63) is 59.4 Å². The van der Waals surface area contributed by atoms with Gasteiger partial charge in [0.1, 0.15) is 0 Å². The first kappa shape index (κ1) is 19.4. The summed E-state index contributed by atoms with van der Waals surface area (Å²) in [7, 11) is 1.39. The minimum absolute atomic E-state index is 0.118. The fourth-order valence-electron chi connectivity index (χ4n) is 2.47. The molecule has 2 rings (SSSR count). The van der Waals surface area contributed by atoms with Crippen LogP contribution in [0.4, 0.5) is 10.1 Å². The second-order valence-electron chi connectivity index (χ2n) is 6.49. The smallest absolute Gasteiger partial charge is 0.313 e. The normalized spacial score (nSPS) is 11.1. The van der Waals surface area contributed by atoms with Gasteiger partial charge < -0.3 is 15.2 Å². The molecule has 26 heavy (non-hydrogen) atoms. The highest BCUT2D eigenvalue weighted by Crippen LogP contribution is 2.25. The third-order valence-electron chi connectivity index (χ3n) is 4.31. The van der Waals surface area contributed by atoms with Crippen LogP contribution in [0.25, 0.3) is 0 Å². The summed E-state index contributed by atoms with van der Waals surface area (Å²) in [6.07, 6.45) is 0.367. The molecule has 0 aromatic heterocycles. The minimum atomic E-state index is -1.01. The molecule has 0 aliphatic rings. The number of amides is 1. The lowest BCUT2D eigenvalue weighted by Crippen LogP contribution is -2.28. The molecular weight excluding hydrogens is 337 g/mol. The van der Waals surface area contributed by atoms with E-state index in [1.54, 1.807) is 50.2 Å². The number of carbonyl (C=O) groups is 2. The van der Waals surface area contributed by atoms with Crippen LogP contribution in [-0.4, -0.2) is 24.1 Å². The Kier molecular flexibility index (Phi) is 5.97. The molecule has 1 amide bonds. The fraction of sp³-hybridized carbons (Fsp3) is 0.300. The molecular formula is C20H22FNO4. The van der Waals surface area contributed by atoms with Gasteiger partial charge in [-0.2, -0.15) is 0 Å². The van der Waals surface area contributed by atoms with Crippen molar-refractivity contribution in [3.8, 4) is 5.75 Å². The van der Waals surface area contributed by atoms with E-state index in [0.29, 0.717) is 16.8 Å². The second-order valence-corrected chi connectivity index (χ2v) is 6.49. The topological polar surface area (TPSA) is 75.6 Å². The first-order valence-corrected chi connectivity index (χ1v) is 8.21. The predicted molar refractivity (Wildman–Crippen MR) is 97.0 cm³/mol. The van der Waals surface area contributed by atoms with Gasteiger partial charge in [0.15, 0.2) is 11.6 Å². The molecule has 138 valence electrons. The molecule has 0 bridgehead atoms. The molecule has 0 radical (unpaired) electrons. The van der Waals surface area contributed by atoms with Gasteiger partial charge in [0.25, 0.3) is 0 Å². The molecule has 0 heterocycles. The van der Waals surface area contributed by atoms with Crippen LogP contribution in [0, 0.1) is 5.82 Å². The summed E-state index contributed by atoms with van der Waals surface area (Å²) in [5, 5.41) is 12.0. The Morgan fingerprint density at radius 3 is 2.38 bits per heavy atom. The van der Waals surface area contributed by atoms with Crippen molar-refractivity contribution in [2.45, 2.75) is 32.1 Å². The first-order chi connectivity index (χ1) is 12.3. The molecule has 2 aromatic rings. The average molecular weight is 359 g/mol. The van der Waals surface area contributed by atoms with Gasteiger partial charge in [0, 0.05) is 12.1 Å². The summed E-state index contributed by atoms with van der Waals surface area (Å²) in [4.78, 5) is 23.4. The van der Waals surface area contributed by atoms with Gasteiger partial charge in [-0.15, -0.1) is 0 Å². The van der Waals surface area contributed by atoms with E-state index in [-0.39, 0.29) is 24.5 Å². The standard InChI is InChI=1S/C20H22FNO4/c1-20(2,19(24)25)14-8-10-15(11-9-14)22-17(23)12-7-13-5-4-6-16(26-3)18(13)21/h4-6,8-11H,7,12H2,1-3H3,(H,22,23)(H,24,25). The molecule has 2 N–H and O–H groups in total. The fourth-order valence-corrected chi connectivity index (χ4v) is 2.47. The SMILES string of the molecule is COc1cccc(CCC(=O)Nc2ccc(C(C)(C)C(=O)O)cc2)c1F. The number of hydrogen-bond acceptors (Lipinski definition) is 3. The summed E-state index contributed by atoms with van der Waals surface area (Å²) in [5.74, 6) is -1.48. The number of benzene rings is 2. The highest BCUT2D eigenvalue weighted by molar-refractivity contribution is 5.91. The molecule has 0 aliphatic carbocycles. The monoisotopic (exact) mass is 359 g/mol. The van der Waals surface area contributed by atoms with Gasteiger partial charge in [-0.1, -0.05) is 24.3 Å². The zero-order chi connectivity index (χ0) is 19.3. The molecule has 2 aromatic carbocycles. The molecule has 6 heteroatoms. The quantitative estimate of drug-likeness (QED) is 0.789. The molecule has 0 unspecified atom stereocenters. The summed E-state index contributed by atoms with van der Waals surface area (Å²) >= 11 is 0. The lowest BCUT2D eigenvalue weighted by Gasteiger charge is -2.19. The summed E-state index contributed by atoms with van der Waals surface area (Å²) in [6.45, 7) is 3.23. The van der Waals surface area contributed by atoms with Crippen molar-refractivity contribution in [1.29, 1.82) is 0 Å². The van der Waals surface area contributed by atoms with Gasteiger partial charge in [-0.25, -0.2) is 4.39 Å². The average Bonchev–Trinajstić information content (AvgIpc) is 2.61. The molecule has 5 nitrogen and oxygen atoms in total. The molecule has 0 fully saturated rings. The largest absolute Gasteiger partial charge is 0.494 e. The number of carbonyl (C=O) groups excluding carboxylic acids is 1. The van der Waals surface area contributed by atoms with Crippen LogP contribution in [-0.2, 0) is 21.4 Å². The van der Waals surface area contributed by atoms with Crippen LogP contribution in [0.15, 0.2) is 42.5 Å². The molecule has 0 aliphatic heterocycles. The van der Waals surface area contributed by atoms with E-state index in [9.17, 15) is 19.1 Å². The second kappa shape index (κ2) is 7.99. The highest BCUT2D eigenvalue weighted by Gasteiger charge is 2.29. The minimum Gasteiger partial charge on any atom is -0.494 e. The number of halogens is 1. The number of carboxylic acid groups (broad SMARTS) is 1. The van der Waals surface area contributed by atoms with Crippen molar-refractivity contribution in [1.82, 2.24) is 0 Å². The zero-order valence-corrected chi connectivity index (χ0v) is 15.0. The van der Waals surface area contributed by atoms with Crippen molar-refractivity contribution in [2.24, 2.45) is 0 Å². The molecule has 0 atom stereocenters. The van der Waals surface area contributed by atoms with Gasteiger partial charge in [0.2, 0.25) is 5.91 Å². The number of anilines is 1. The van der Waals surface area contributed by atoms with Crippen LogP contribution in [0.5, 0.6) is 5.75 Å². The summed E-state index contributed by atoms with van der Waals surface area (Å²) in [5.41, 5.74) is 0.609. The van der Waals surface area contributed by atoms with E-state index in [4.69, 9.17) is 4.74 Å². The number of ether oxygens (including phenoxy) is 1. The number of hydrogen-bond donors (Lipinski definition) is 2. The van der Waals surface area contributed by atoms with Crippen molar-refractivity contribution < 1.29 is 23.8 Å². The highest BCUT2D eigenvalue weighted by atomic mass is 19.1. The molecule has 0 saturated heterocycles. The van der Waals surface area contributed by atoms with E-state index >= 15 is 0 Å². The van der Waals surface area contributed by atoms with Crippen LogP contribution < -0.4 is 10.1 Å². The summed E-state index contributed by atoms with van der Waals surface area (Å²) < 4.78 is 19.0. The van der Waals surface area contributed by atoms with E-state index in [1.165, 1.54) is 13.2 Å². The van der Waals surface area contributed by atoms with E-state index in [1.807, 2.05) is 0 Å². The first-order valence-electron chi connectivity index (χ1n) is 8.21. The third-order valence-corrected chi connectivity index (χ3v) is 4.31. The molecule has 0 saturated carbocycles. The maximum atomic E-state index is 14.1. The van der Waals surface area contributed by atoms with Gasteiger partial charge in [-0.05, 0) is 49.6 Å².